The van der Waals surface area contributed by atoms with Crippen LogP contribution in [0.3, 0.4) is 0 Å². The lowest BCUT2D eigenvalue weighted by Gasteiger charge is -1.98. The summed E-state index contributed by atoms with van der Waals surface area (Å²) in [5, 5.41) is 1.91. The van der Waals surface area contributed by atoms with Crippen molar-refractivity contribution in [3.63, 3.8) is 0 Å². The van der Waals surface area contributed by atoms with E-state index in [1.54, 1.807) is 11.3 Å². The summed E-state index contributed by atoms with van der Waals surface area (Å²) in [7, 11) is 0. The predicted molar refractivity (Wildman–Crippen MR) is 73.9 cm³/mol. The van der Waals surface area contributed by atoms with E-state index >= 15 is 0 Å². The van der Waals surface area contributed by atoms with Gasteiger partial charge >= 0.3 is 0 Å². The summed E-state index contributed by atoms with van der Waals surface area (Å²) in [6.07, 6.45) is 1.76. The molecule has 1 aromatic heterocycles. The molecule has 17 heavy (non-hydrogen) atoms. The Morgan fingerprint density at radius 3 is 2.94 bits per heavy atom. The van der Waals surface area contributed by atoms with Crippen LogP contribution in [0.2, 0.25) is 5.02 Å². The first-order valence-corrected chi connectivity index (χ1v) is 6.78. The fraction of sp³-hybridized carbons (Fsp3) is 0.308. The Morgan fingerprint density at radius 2 is 2.24 bits per heavy atom. The normalized spacial score (nSPS) is 10.8. The van der Waals surface area contributed by atoms with Gasteiger partial charge in [0.2, 0.25) is 0 Å². The van der Waals surface area contributed by atoms with Crippen LogP contribution in [-0.4, -0.2) is 11.5 Å². The van der Waals surface area contributed by atoms with Gasteiger partial charge in [-0.1, -0.05) is 23.7 Å². The lowest BCUT2D eigenvalue weighted by molar-refractivity contribution is 0.967. The zero-order valence-electron chi connectivity index (χ0n) is 9.74. The van der Waals surface area contributed by atoms with Crippen LogP contribution in [0, 0.1) is 6.92 Å². The Balaban J connectivity index is 2.16. The second-order valence-electron chi connectivity index (χ2n) is 3.96. The molecule has 0 aliphatic rings. The topological polar surface area (TPSA) is 38.9 Å². The number of aryl methyl sites for hydroxylation is 1. The molecule has 0 fully saturated rings. The maximum absolute atomic E-state index is 5.96. The number of thiazole rings is 1. The highest BCUT2D eigenvalue weighted by Crippen LogP contribution is 2.22. The quantitative estimate of drug-likeness (QED) is 0.923. The van der Waals surface area contributed by atoms with Gasteiger partial charge in [0.05, 0.1) is 10.7 Å². The van der Waals surface area contributed by atoms with Crippen molar-refractivity contribution in [3.05, 3.63) is 50.4 Å². The van der Waals surface area contributed by atoms with E-state index in [2.05, 4.69) is 11.1 Å². The summed E-state index contributed by atoms with van der Waals surface area (Å²) in [5.74, 6) is 0. The van der Waals surface area contributed by atoms with Crippen LogP contribution >= 0.6 is 22.9 Å². The summed E-state index contributed by atoms with van der Waals surface area (Å²) in [6, 6.07) is 7.92. The molecule has 2 nitrogen and oxygen atoms in total. The summed E-state index contributed by atoms with van der Waals surface area (Å²) in [4.78, 5) is 5.87. The molecule has 0 bridgehead atoms. The standard InChI is InChI=1S/C13H15ClN2S/c1-9-12(5-6-15)17-13(16-9)8-10-3-2-4-11(14)7-10/h2-4,7H,5-6,8,15H2,1H3. The molecule has 0 amide bonds. The number of halogens is 1. The minimum absolute atomic E-state index is 0.680. The van der Waals surface area contributed by atoms with Crippen LogP contribution in [0.4, 0.5) is 0 Å². The highest BCUT2D eigenvalue weighted by atomic mass is 35.5. The first kappa shape index (κ1) is 12.6. The van der Waals surface area contributed by atoms with Crippen LogP contribution in [0.15, 0.2) is 24.3 Å². The number of hydrogen-bond acceptors (Lipinski definition) is 3. The zero-order valence-corrected chi connectivity index (χ0v) is 11.3. The number of nitrogens with zero attached hydrogens (tertiary/aromatic N) is 1. The van der Waals surface area contributed by atoms with Crippen molar-refractivity contribution in [1.82, 2.24) is 4.98 Å². The maximum atomic E-state index is 5.96. The Labute approximate surface area is 110 Å². The molecule has 4 heteroatoms. The van der Waals surface area contributed by atoms with Gasteiger partial charge in [-0.25, -0.2) is 4.98 Å². The minimum atomic E-state index is 0.680. The van der Waals surface area contributed by atoms with Gasteiger partial charge in [0.15, 0.2) is 0 Å². The van der Waals surface area contributed by atoms with Crippen molar-refractivity contribution < 1.29 is 0 Å². The Bertz CT molecular complexity index is 508. The van der Waals surface area contributed by atoms with Gasteiger partial charge in [0.1, 0.15) is 0 Å². The fourth-order valence-corrected chi connectivity index (χ4v) is 3.08. The second-order valence-corrected chi connectivity index (χ2v) is 5.57. The third-order valence-electron chi connectivity index (χ3n) is 2.55. The molecule has 2 aromatic rings. The molecule has 0 saturated carbocycles. The number of hydrogen-bond donors (Lipinski definition) is 1. The number of aromatic nitrogens is 1. The van der Waals surface area contributed by atoms with Crippen molar-refractivity contribution in [2.45, 2.75) is 19.8 Å². The van der Waals surface area contributed by atoms with Crippen LogP contribution in [0.1, 0.15) is 21.1 Å². The van der Waals surface area contributed by atoms with Gasteiger partial charge < -0.3 is 5.73 Å². The van der Waals surface area contributed by atoms with E-state index < -0.39 is 0 Å². The smallest absolute Gasteiger partial charge is 0.0974 e. The molecule has 0 unspecified atom stereocenters. The number of nitrogens with two attached hydrogens (primary N) is 1. The molecule has 0 saturated heterocycles. The Hall–Kier alpha value is -0.900. The van der Waals surface area contributed by atoms with Gasteiger partial charge in [-0.15, -0.1) is 11.3 Å². The molecule has 2 N–H and O–H groups in total. The van der Waals surface area contributed by atoms with Gasteiger partial charge in [0.25, 0.3) is 0 Å². The van der Waals surface area contributed by atoms with Crippen LogP contribution in [0.5, 0.6) is 0 Å². The van der Waals surface area contributed by atoms with E-state index in [9.17, 15) is 0 Å². The summed E-state index contributed by atoms with van der Waals surface area (Å²) >= 11 is 7.71. The van der Waals surface area contributed by atoms with Gasteiger partial charge in [-0.2, -0.15) is 0 Å². The molecule has 0 atom stereocenters. The second kappa shape index (κ2) is 5.63. The average molecular weight is 267 g/mol. The van der Waals surface area contributed by atoms with Gasteiger partial charge in [-0.05, 0) is 37.6 Å². The highest BCUT2D eigenvalue weighted by molar-refractivity contribution is 7.11. The highest BCUT2D eigenvalue weighted by Gasteiger charge is 2.07. The van der Waals surface area contributed by atoms with Gasteiger partial charge in [-0.3, -0.25) is 0 Å². The first-order chi connectivity index (χ1) is 8.19. The largest absolute Gasteiger partial charge is 0.330 e. The number of rotatable bonds is 4. The number of benzene rings is 1. The molecule has 90 valence electrons. The SMILES string of the molecule is Cc1nc(Cc2cccc(Cl)c2)sc1CCN. The summed E-state index contributed by atoms with van der Waals surface area (Å²) < 4.78 is 0. The van der Waals surface area contributed by atoms with Crippen molar-refractivity contribution in [1.29, 1.82) is 0 Å². The third kappa shape index (κ3) is 3.28. The van der Waals surface area contributed by atoms with E-state index in [1.807, 2.05) is 25.1 Å². The molecular weight excluding hydrogens is 252 g/mol. The zero-order chi connectivity index (χ0) is 12.3. The molecule has 0 aliphatic heterocycles. The van der Waals surface area contributed by atoms with Crippen LogP contribution < -0.4 is 5.73 Å². The molecule has 1 aromatic carbocycles. The monoisotopic (exact) mass is 266 g/mol. The van der Waals surface area contributed by atoms with Crippen LogP contribution in [-0.2, 0) is 12.8 Å². The average Bonchev–Trinajstić information content (AvgIpc) is 2.60. The minimum Gasteiger partial charge on any atom is -0.330 e. The van der Waals surface area contributed by atoms with E-state index in [4.69, 9.17) is 17.3 Å². The Kier molecular flexibility index (Phi) is 4.15. The third-order valence-corrected chi connectivity index (χ3v) is 4.01. The fourth-order valence-electron chi connectivity index (χ4n) is 1.75. The van der Waals surface area contributed by atoms with Crippen molar-refractivity contribution in [2.75, 3.05) is 6.54 Å². The molecule has 0 radical (unpaired) electrons. The van der Waals surface area contributed by atoms with E-state index in [0.717, 1.165) is 28.6 Å². The lowest BCUT2D eigenvalue weighted by Crippen LogP contribution is -2.01. The van der Waals surface area contributed by atoms with E-state index in [-0.39, 0.29) is 0 Å². The summed E-state index contributed by atoms with van der Waals surface area (Å²) in [6.45, 7) is 2.72. The van der Waals surface area contributed by atoms with Crippen molar-refractivity contribution in [3.8, 4) is 0 Å². The predicted octanol–water partition coefficient (Wildman–Crippen LogP) is 3.20. The molecular formula is C13H15ClN2S. The lowest BCUT2D eigenvalue weighted by atomic mass is 10.2. The first-order valence-electron chi connectivity index (χ1n) is 5.58. The van der Waals surface area contributed by atoms with Gasteiger partial charge in [0, 0.05) is 16.3 Å². The molecule has 0 aliphatic carbocycles. The van der Waals surface area contributed by atoms with E-state index in [0.29, 0.717) is 6.54 Å². The molecule has 2 rings (SSSR count). The molecule has 1 heterocycles. The maximum Gasteiger partial charge on any atom is 0.0974 e. The summed E-state index contributed by atoms with van der Waals surface area (Å²) in [5.41, 5.74) is 7.88. The van der Waals surface area contributed by atoms with E-state index in [1.165, 1.54) is 10.4 Å². The Morgan fingerprint density at radius 1 is 1.41 bits per heavy atom. The molecule has 0 spiro atoms. The van der Waals surface area contributed by atoms with Crippen molar-refractivity contribution >= 4 is 22.9 Å². The van der Waals surface area contributed by atoms with Crippen LogP contribution in [0.25, 0.3) is 0 Å². The van der Waals surface area contributed by atoms with Crippen molar-refractivity contribution in [2.24, 2.45) is 5.73 Å².